The van der Waals surface area contributed by atoms with Crippen molar-refractivity contribution in [3.8, 4) is 0 Å². The smallest absolute Gasteiger partial charge is 0.0701 e. The third kappa shape index (κ3) is 5.30. The summed E-state index contributed by atoms with van der Waals surface area (Å²) in [5, 5.41) is 1.20. The number of benzene rings is 1. The third-order valence-corrected chi connectivity index (χ3v) is 5.55. The summed E-state index contributed by atoms with van der Waals surface area (Å²) in [4.78, 5) is 20.2. The minimum absolute atomic E-state index is 0. The molecule has 1 radical (unpaired) electrons. The predicted molar refractivity (Wildman–Crippen MR) is 141 cm³/mol. The Bertz CT molecular complexity index is 1490. The van der Waals surface area contributed by atoms with Crippen molar-refractivity contribution in [3.05, 3.63) is 114 Å². The van der Waals surface area contributed by atoms with Crippen molar-refractivity contribution in [2.75, 3.05) is 0 Å². The van der Waals surface area contributed by atoms with Crippen molar-refractivity contribution in [2.45, 2.75) is 0 Å². The van der Waals surface area contributed by atoms with E-state index in [4.69, 9.17) is 0 Å². The van der Waals surface area contributed by atoms with Gasteiger partial charge in [0.25, 0.3) is 0 Å². The molecule has 5 aromatic rings. The number of hydrogen-bond donors (Lipinski definition) is 2. The van der Waals surface area contributed by atoms with Gasteiger partial charge >= 0.3 is 0 Å². The topological polar surface area (TPSA) is 70.2 Å². The van der Waals surface area contributed by atoms with E-state index >= 15 is 0 Å². The Morgan fingerprint density at radius 1 is 0.486 bits per heavy atom. The van der Waals surface area contributed by atoms with Crippen molar-refractivity contribution < 1.29 is 17.1 Å². The fraction of sp³-hybridized carbons (Fsp3) is 0. The molecule has 0 unspecified atom stereocenters. The van der Waals surface area contributed by atoms with Crippen LogP contribution in [-0.4, -0.2) is 24.9 Å². The molecule has 7 rings (SSSR count). The molecule has 1 aromatic carbocycles. The maximum Gasteiger partial charge on any atom is 0.0701 e. The van der Waals surface area contributed by atoms with Crippen LogP contribution in [0, 0.1) is 0 Å². The Balaban J connectivity index is 0.000000194. The van der Waals surface area contributed by atoms with Gasteiger partial charge in [-0.25, -0.2) is 9.97 Å². The average Bonchev–Trinajstić information content (AvgIpc) is 3.66. The number of nitrogens with one attached hydrogen (secondary N) is 2. The molecule has 0 atom stereocenters. The first-order chi connectivity index (χ1) is 16.8. The van der Waals surface area contributed by atoms with Gasteiger partial charge in [0.2, 0.25) is 0 Å². The van der Waals surface area contributed by atoms with Crippen LogP contribution in [0.4, 0.5) is 0 Å². The molecule has 0 fully saturated rings. The summed E-state index contributed by atoms with van der Waals surface area (Å²) in [6.07, 6.45) is 9.90. The summed E-state index contributed by atoms with van der Waals surface area (Å²) in [5.41, 5.74) is 8.92. The maximum absolute atomic E-state index is 4.63. The Labute approximate surface area is 212 Å². The van der Waals surface area contributed by atoms with Crippen molar-refractivity contribution in [1.82, 2.24) is 24.9 Å². The van der Waals surface area contributed by atoms with E-state index in [2.05, 4.69) is 61.3 Å². The molecular formula is C29H21CuN5. The van der Waals surface area contributed by atoms with Crippen LogP contribution in [-0.2, 0) is 17.1 Å². The monoisotopic (exact) mass is 502 g/mol. The van der Waals surface area contributed by atoms with Gasteiger partial charge in [0, 0.05) is 50.7 Å². The third-order valence-electron chi connectivity index (χ3n) is 5.55. The standard InChI is InChI=1S/C20H14N4.C9H7N.Cu/c1-2-14-10-16-5-6-18(23-16)12-20-8-7-19(24-20)11-17-4-3-15(22-17)9-13(1)21-14;1-2-6-9-8(4-1)5-3-7-10-9;/h1-12,21,24H;1-7H;. The number of fused-ring (bicyclic) bond motifs is 9. The van der Waals surface area contributed by atoms with Gasteiger partial charge in [-0.3, -0.25) is 4.98 Å². The number of pyridine rings is 1. The zero-order valence-corrected chi connectivity index (χ0v) is 19.6. The van der Waals surface area contributed by atoms with Gasteiger partial charge < -0.3 is 9.97 Å². The molecule has 6 heteroatoms. The van der Waals surface area contributed by atoms with Crippen molar-refractivity contribution >= 4 is 57.3 Å². The van der Waals surface area contributed by atoms with Gasteiger partial charge in [-0.1, -0.05) is 24.3 Å². The number of para-hydroxylation sites is 1. The van der Waals surface area contributed by atoms with Gasteiger partial charge in [0.15, 0.2) is 0 Å². The number of aromatic nitrogens is 5. The Morgan fingerprint density at radius 3 is 1.37 bits per heavy atom. The molecule has 5 nitrogen and oxygen atoms in total. The van der Waals surface area contributed by atoms with Crippen LogP contribution in [0.3, 0.4) is 0 Å². The van der Waals surface area contributed by atoms with Crippen LogP contribution in [0.15, 0.2) is 91.1 Å². The van der Waals surface area contributed by atoms with E-state index in [1.165, 1.54) is 5.39 Å². The molecular weight excluding hydrogens is 482 g/mol. The number of H-pyrrole nitrogens is 2. The van der Waals surface area contributed by atoms with E-state index in [1.54, 1.807) is 0 Å². The van der Waals surface area contributed by atoms with E-state index in [0.29, 0.717) is 0 Å². The maximum atomic E-state index is 4.63. The van der Waals surface area contributed by atoms with Crippen LogP contribution in [0.2, 0.25) is 0 Å². The van der Waals surface area contributed by atoms with E-state index in [9.17, 15) is 0 Å². The SMILES string of the molecule is C1=Cc2cc3ccc(cc4nc(cc5ccc(cc1n2)[nH]5)C=C4)[nH]3.[Cu].c1ccc2ncccc2c1. The summed E-state index contributed by atoms with van der Waals surface area (Å²) in [7, 11) is 0. The fourth-order valence-electron chi connectivity index (χ4n) is 3.96. The van der Waals surface area contributed by atoms with Crippen LogP contribution < -0.4 is 0 Å². The van der Waals surface area contributed by atoms with Crippen molar-refractivity contribution in [3.63, 3.8) is 0 Å². The normalized spacial score (nSPS) is 11.5. The molecule has 0 amide bonds. The summed E-state index contributed by atoms with van der Waals surface area (Å²) in [6, 6.07) is 28.4. The number of nitrogens with zero attached hydrogens (tertiary/aromatic N) is 3. The Hall–Kier alpha value is -4.25. The molecule has 8 bridgehead atoms. The predicted octanol–water partition coefficient (Wildman–Crippen LogP) is 6.89. The zero-order valence-electron chi connectivity index (χ0n) is 18.6. The quantitative estimate of drug-likeness (QED) is 0.222. The van der Waals surface area contributed by atoms with Gasteiger partial charge in [0.05, 0.1) is 28.3 Å². The van der Waals surface area contributed by atoms with Gasteiger partial charge in [-0.05, 0) is 85.0 Å². The number of aromatic amines is 2. The second-order valence-electron chi connectivity index (χ2n) is 8.10. The summed E-state index contributed by atoms with van der Waals surface area (Å²) in [6.45, 7) is 0. The summed E-state index contributed by atoms with van der Waals surface area (Å²) in [5.74, 6) is 0. The van der Waals surface area contributed by atoms with Gasteiger partial charge in [0.1, 0.15) is 0 Å². The van der Waals surface area contributed by atoms with Crippen LogP contribution in [0.5, 0.6) is 0 Å². The molecule has 0 aliphatic carbocycles. The van der Waals surface area contributed by atoms with Crippen LogP contribution in [0.25, 0.3) is 57.3 Å². The molecule has 0 saturated carbocycles. The zero-order chi connectivity index (χ0) is 22.7. The van der Waals surface area contributed by atoms with E-state index in [-0.39, 0.29) is 17.1 Å². The molecule has 0 spiro atoms. The molecule has 6 heterocycles. The van der Waals surface area contributed by atoms with Gasteiger partial charge in [-0.15, -0.1) is 0 Å². The van der Waals surface area contributed by atoms with E-state index < -0.39 is 0 Å². The molecule has 173 valence electrons. The molecule has 2 aliphatic heterocycles. The van der Waals surface area contributed by atoms with Crippen molar-refractivity contribution in [2.24, 2.45) is 0 Å². The molecule has 4 aromatic heterocycles. The average molecular weight is 503 g/mol. The molecule has 0 saturated heterocycles. The molecule has 2 N–H and O–H groups in total. The summed E-state index contributed by atoms with van der Waals surface area (Å²) < 4.78 is 0. The van der Waals surface area contributed by atoms with E-state index in [1.807, 2.05) is 79.0 Å². The molecule has 2 aliphatic rings. The van der Waals surface area contributed by atoms with Crippen LogP contribution in [0.1, 0.15) is 22.8 Å². The second kappa shape index (κ2) is 9.93. The fourth-order valence-corrected chi connectivity index (χ4v) is 3.96. The van der Waals surface area contributed by atoms with E-state index in [0.717, 1.165) is 50.4 Å². The first kappa shape index (κ1) is 22.5. The van der Waals surface area contributed by atoms with Gasteiger partial charge in [-0.2, -0.15) is 0 Å². The minimum Gasteiger partial charge on any atom is -0.355 e. The first-order valence-electron chi connectivity index (χ1n) is 11.1. The Morgan fingerprint density at radius 2 is 0.914 bits per heavy atom. The minimum atomic E-state index is 0. The Kier molecular flexibility index (Phi) is 6.40. The number of rotatable bonds is 0. The van der Waals surface area contributed by atoms with Crippen LogP contribution >= 0.6 is 0 Å². The number of hydrogen-bond acceptors (Lipinski definition) is 3. The van der Waals surface area contributed by atoms with Crippen molar-refractivity contribution in [1.29, 1.82) is 0 Å². The second-order valence-corrected chi connectivity index (χ2v) is 8.10. The first-order valence-corrected chi connectivity index (χ1v) is 11.1. The summed E-state index contributed by atoms with van der Waals surface area (Å²) >= 11 is 0. The largest absolute Gasteiger partial charge is 0.355 e. The molecule has 35 heavy (non-hydrogen) atoms.